The Hall–Kier alpha value is -2.46. The van der Waals surface area contributed by atoms with Crippen molar-refractivity contribution in [1.29, 1.82) is 0 Å². The summed E-state index contributed by atoms with van der Waals surface area (Å²) in [5, 5.41) is 0. The molecular formula is C19H20N2O2. The Balaban J connectivity index is 1.91. The molecule has 2 aromatic rings. The van der Waals surface area contributed by atoms with Crippen molar-refractivity contribution in [2.24, 2.45) is 0 Å². The van der Waals surface area contributed by atoms with E-state index in [0.29, 0.717) is 16.8 Å². The zero-order valence-electron chi connectivity index (χ0n) is 13.5. The van der Waals surface area contributed by atoms with Crippen molar-refractivity contribution in [2.75, 3.05) is 18.0 Å². The zero-order chi connectivity index (χ0) is 16.4. The molecule has 1 aliphatic heterocycles. The highest BCUT2D eigenvalue weighted by Crippen LogP contribution is 2.28. The SMILES string of the molecule is CCN(CC)Cc1cccc(N2C(=O)c3ccccc3C2=O)c1. The first kappa shape index (κ1) is 15.4. The molecule has 0 N–H and O–H groups in total. The molecule has 0 atom stereocenters. The number of hydrogen-bond donors (Lipinski definition) is 0. The third-order valence-electron chi connectivity index (χ3n) is 4.26. The first-order valence-electron chi connectivity index (χ1n) is 7.94. The number of hydrogen-bond acceptors (Lipinski definition) is 3. The maximum atomic E-state index is 12.5. The van der Waals surface area contributed by atoms with E-state index in [1.807, 2.05) is 24.3 Å². The van der Waals surface area contributed by atoms with E-state index in [4.69, 9.17) is 0 Å². The summed E-state index contributed by atoms with van der Waals surface area (Å²) in [5.74, 6) is -0.490. The quantitative estimate of drug-likeness (QED) is 0.796. The molecule has 118 valence electrons. The Morgan fingerprint density at radius 1 is 0.870 bits per heavy atom. The van der Waals surface area contributed by atoms with Crippen LogP contribution in [0, 0.1) is 0 Å². The van der Waals surface area contributed by atoms with Crippen LogP contribution >= 0.6 is 0 Å². The Labute approximate surface area is 136 Å². The third-order valence-corrected chi connectivity index (χ3v) is 4.26. The average Bonchev–Trinajstić information content (AvgIpc) is 2.84. The van der Waals surface area contributed by atoms with Crippen LogP contribution in [0.2, 0.25) is 0 Å². The monoisotopic (exact) mass is 308 g/mol. The molecule has 1 aliphatic rings. The molecule has 0 fully saturated rings. The maximum Gasteiger partial charge on any atom is 0.266 e. The highest BCUT2D eigenvalue weighted by Gasteiger charge is 2.36. The van der Waals surface area contributed by atoms with Crippen LogP contribution in [0.25, 0.3) is 0 Å². The summed E-state index contributed by atoms with van der Waals surface area (Å²) in [6.07, 6.45) is 0. The number of fused-ring (bicyclic) bond motifs is 1. The highest BCUT2D eigenvalue weighted by atomic mass is 16.2. The molecule has 0 unspecified atom stereocenters. The van der Waals surface area contributed by atoms with Crippen LogP contribution < -0.4 is 4.90 Å². The van der Waals surface area contributed by atoms with Crippen molar-refractivity contribution in [3.05, 3.63) is 65.2 Å². The lowest BCUT2D eigenvalue weighted by atomic mass is 10.1. The van der Waals surface area contributed by atoms with Crippen molar-refractivity contribution in [3.8, 4) is 0 Å². The van der Waals surface area contributed by atoms with Crippen LogP contribution in [0.5, 0.6) is 0 Å². The van der Waals surface area contributed by atoms with E-state index in [2.05, 4.69) is 18.7 Å². The first-order chi connectivity index (χ1) is 11.2. The summed E-state index contributed by atoms with van der Waals surface area (Å²) in [6, 6.07) is 14.6. The molecule has 2 amide bonds. The molecule has 4 heteroatoms. The Morgan fingerprint density at radius 3 is 2.04 bits per heavy atom. The molecule has 0 saturated carbocycles. The minimum absolute atomic E-state index is 0.245. The summed E-state index contributed by atoms with van der Waals surface area (Å²) in [6.45, 7) is 6.99. The van der Waals surface area contributed by atoms with Gasteiger partial charge < -0.3 is 0 Å². The lowest BCUT2D eigenvalue weighted by Gasteiger charge is -2.20. The van der Waals surface area contributed by atoms with Gasteiger partial charge in [-0.15, -0.1) is 0 Å². The average molecular weight is 308 g/mol. The zero-order valence-corrected chi connectivity index (χ0v) is 13.5. The molecule has 0 aliphatic carbocycles. The van der Waals surface area contributed by atoms with Crippen LogP contribution in [0.3, 0.4) is 0 Å². The van der Waals surface area contributed by atoms with E-state index in [1.165, 1.54) is 4.90 Å². The van der Waals surface area contributed by atoms with Gasteiger partial charge in [-0.1, -0.05) is 38.1 Å². The van der Waals surface area contributed by atoms with Gasteiger partial charge in [0.15, 0.2) is 0 Å². The highest BCUT2D eigenvalue weighted by molar-refractivity contribution is 6.34. The molecule has 23 heavy (non-hydrogen) atoms. The van der Waals surface area contributed by atoms with E-state index in [1.54, 1.807) is 24.3 Å². The minimum Gasteiger partial charge on any atom is -0.300 e. The van der Waals surface area contributed by atoms with Crippen LogP contribution in [0.15, 0.2) is 48.5 Å². The molecule has 0 spiro atoms. The summed E-state index contributed by atoms with van der Waals surface area (Å²) >= 11 is 0. The second-order valence-corrected chi connectivity index (χ2v) is 5.62. The molecule has 4 nitrogen and oxygen atoms in total. The largest absolute Gasteiger partial charge is 0.300 e. The van der Waals surface area contributed by atoms with Crippen LogP contribution in [0.4, 0.5) is 5.69 Å². The van der Waals surface area contributed by atoms with Gasteiger partial charge >= 0.3 is 0 Å². The van der Waals surface area contributed by atoms with Gasteiger partial charge in [0.05, 0.1) is 16.8 Å². The number of imide groups is 1. The van der Waals surface area contributed by atoms with Crippen molar-refractivity contribution >= 4 is 17.5 Å². The van der Waals surface area contributed by atoms with E-state index in [9.17, 15) is 9.59 Å². The third kappa shape index (κ3) is 2.78. The van der Waals surface area contributed by atoms with Crippen LogP contribution in [0.1, 0.15) is 40.1 Å². The molecule has 1 heterocycles. The summed E-state index contributed by atoms with van der Waals surface area (Å²) in [4.78, 5) is 28.7. The Kier molecular flexibility index (Phi) is 4.26. The fraction of sp³-hybridized carbons (Fsp3) is 0.263. The van der Waals surface area contributed by atoms with Gasteiger partial charge in [0.2, 0.25) is 0 Å². The fourth-order valence-electron chi connectivity index (χ4n) is 2.92. The molecule has 3 rings (SSSR count). The smallest absolute Gasteiger partial charge is 0.266 e. The van der Waals surface area contributed by atoms with Gasteiger partial charge in [0, 0.05) is 6.54 Å². The Morgan fingerprint density at radius 2 is 1.48 bits per heavy atom. The number of carbonyl (C=O) groups is 2. The van der Waals surface area contributed by atoms with Crippen LogP contribution in [-0.4, -0.2) is 29.8 Å². The number of carbonyl (C=O) groups excluding carboxylic acids is 2. The van der Waals surface area contributed by atoms with Gasteiger partial charge in [-0.2, -0.15) is 0 Å². The van der Waals surface area contributed by atoms with Crippen molar-refractivity contribution in [1.82, 2.24) is 4.90 Å². The number of amides is 2. The van der Waals surface area contributed by atoms with E-state index in [-0.39, 0.29) is 11.8 Å². The number of anilines is 1. The normalized spacial score (nSPS) is 13.8. The topological polar surface area (TPSA) is 40.6 Å². The van der Waals surface area contributed by atoms with Gasteiger partial charge in [-0.25, -0.2) is 4.90 Å². The van der Waals surface area contributed by atoms with Gasteiger partial charge in [-0.3, -0.25) is 14.5 Å². The number of rotatable bonds is 5. The van der Waals surface area contributed by atoms with Crippen molar-refractivity contribution in [2.45, 2.75) is 20.4 Å². The van der Waals surface area contributed by atoms with E-state index in [0.717, 1.165) is 25.2 Å². The standard InChI is InChI=1S/C19H20N2O2/c1-3-20(4-2)13-14-8-7-9-15(12-14)21-18(22)16-10-5-6-11-17(16)19(21)23/h5-12H,3-4,13H2,1-2H3. The van der Waals surface area contributed by atoms with Crippen LogP contribution in [-0.2, 0) is 6.54 Å². The predicted molar refractivity (Wildman–Crippen MR) is 90.6 cm³/mol. The fourth-order valence-corrected chi connectivity index (χ4v) is 2.92. The molecule has 0 saturated heterocycles. The van der Waals surface area contributed by atoms with Gasteiger partial charge in [0.25, 0.3) is 11.8 Å². The summed E-state index contributed by atoms with van der Waals surface area (Å²) in [5.41, 5.74) is 2.70. The van der Waals surface area contributed by atoms with Crippen molar-refractivity contribution < 1.29 is 9.59 Å². The number of nitrogens with zero attached hydrogens (tertiary/aromatic N) is 2. The van der Waals surface area contributed by atoms with Gasteiger partial charge in [0.1, 0.15) is 0 Å². The summed E-state index contributed by atoms with van der Waals surface area (Å²) < 4.78 is 0. The molecule has 0 radical (unpaired) electrons. The molecule has 0 bridgehead atoms. The Bertz CT molecular complexity index is 716. The van der Waals surface area contributed by atoms with Crippen molar-refractivity contribution in [3.63, 3.8) is 0 Å². The lowest BCUT2D eigenvalue weighted by molar-refractivity contribution is 0.0926. The summed E-state index contributed by atoms with van der Waals surface area (Å²) in [7, 11) is 0. The van der Waals surface area contributed by atoms with E-state index >= 15 is 0 Å². The second-order valence-electron chi connectivity index (χ2n) is 5.62. The first-order valence-corrected chi connectivity index (χ1v) is 7.94. The minimum atomic E-state index is -0.245. The lowest BCUT2D eigenvalue weighted by Crippen LogP contribution is -2.29. The predicted octanol–water partition coefficient (Wildman–Crippen LogP) is 3.33. The second kappa shape index (κ2) is 6.34. The molecule has 2 aromatic carbocycles. The van der Waals surface area contributed by atoms with E-state index < -0.39 is 0 Å². The van der Waals surface area contributed by atoms with Gasteiger partial charge in [-0.05, 0) is 42.9 Å². The molecule has 0 aromatic heterocycles. The molecular weight excluding hydrogens is 288 g/mol. The maximum absolute atomic E-state index is 12.5. The number of benzene rings is 2.